The van der Waals surface area contributed by atoms with Crippen LogP contribution in [0.3, 0.4) is 0 Å². The first kappa shape index (κ1) is 22.6. The number of rotatable bonds is 6. The molecule has 0 radical (unpaired) electrons. The lowest BCUT2D eigenvalue weighted by molar-refractivity contribution is 0.0620. The maximum absolute atomic E-state index is 10.3. The third-order valence-electron chi connectivity index (χ3n) is 6.18. The Hall–Kier alpha value is -2.61. The summed E-state index contributed by atoms with van der Waals surface area (Å²) in [7, 11) is 1.79. The van der Waals surface area contributed by atoms with Crippen molar-refractivity contribution in [3.63, 3.8) is 0 Å². The van der Waals surface area contributed by atoms with Crippen molar-refractivity contribution in [1.29, 1.82) is 0 Å². The highest BCUT2D eigenvalue weighted by atomic mass is 16.5. The lowest BCUT2D eigenvalue weighted by atomic mass is 9.97. The van der Waals surface area contributed by atoms with E-state index in [1.165, 1.54) is 0 Å². The summed E-state index contributed by atoms with van der Waals surface area (Å²) in [5.74, 6) is 6.64. The second-order valence-electron chi connectivity index (χ2n) is 9.74. The van der Waals surface area contributed by atoms with Gasteiger partial charge in [-0.3, -0.25) is 4.98 Å². The summed E-state index contributed by atoms with van der Waals surface area (Å²) in [6.45, 7) is 8.07. The SMILES string of the molecule is C/C(N)=C(\c1cnc2c3cc(CC(C)(C)O)ccc3n(CC3CCOCC3)c2c1)N(C)N. The zero-order valence-corrected chi connectivity index (χ0v) is 19.6. The van der Waals surface area contributed by atoms with Crippen LogP contribution < -0.4 is 11.6 Å². The first-order valence-electron chi connectivity index (χ1n) is 11.3. The molecule has 3 heterocycles. The van der Waals surface area contributed by atoms with Gasteiger partial charge in [0.05, 0.1) is 27.8 Å². The molecule has 2 aromatic heterocycles. The Morgan fingerprint density at radius 3 is 2.59 bits per heavy atom. The summed E-state index contributed by atoms with van der Waals surface area (Å²) in [6, 6.07) is 8.59. The highest BCUT2D eigenvalue weighted by Crippen LogP contribution is 2.33. The van der Waals surface area contributed by atoms with Crippen molar-refractivity contribution in [3.8, 4) is 0 Å². The third kappa shape index (κ3) is 4.60. The molecule has 32 heavy (non-hydrogen) atoms. The number of hydrogen-bond acceptors (Lipinski definition) is 6. The fourth-order valence-electron chi connectivity index (χ4n) is 4.84. The minimum absolute atomic E-state index is 0.561. The molecule has 0 bridgehead atoms. The Morgan fingerprint density at radius 1 is 1.25 bits per heavy atom. The summed E-state index contributed by atoms with van der Waals surface area (Å²) in [4.78, 5) is 4.87. The fourth-order valence-corrected chi connectivity index (χ4v) is 4.84. The van der Waals surface area contributed by atoms with Crippen molar-refractivity contribution in [2.24, 2.45) is 17.5 Å². The maximum Gasteiger partial charge on any atom is 0.0960 e. The van der Waals surface area contributed by atoms with E-state index in [0.717, 1.165) is 71.4 Å². The number of ether oxygens (including phenoxy) is 1. The first-order valence-corrected chi connectivity index (χ1v) is 11.3. The topological polar surface area (TPSA) is 103 Å². The molecule has 0 amide bonds. The van der Waals surface area contributed by atoms with Crippen molar-refractivity contribution in [1.82, 2.24) is 14.6 Å². The van der Waals surface area contributed by atoms with Crippen LogP contribution in [0.5, 0.6) is 0 Å². The van der Waals surface area contributed by atoms with Gasteiger partial charge in [-0.2, -0.15) is 0 Å². The van der Waals surface area contributed by atoms with Crippen molar-refractivity contribution in [3.05, 3.63) is 47.3 Å². The van der Waals surface area contributed by atoms with Gasteiger partial charge < -0.3 is 25.2 Å². The van der Waals surface area contributed by atoms with Crippen LogP contribution in [0.25, 0.3) is 27.6 Å². The van der Waals surface area contributed by atoms with E-state index in [2.05, 4.69) is 28.8 Å². The second kappa shape index (κ2) is 8.73. The molecule has 7 heteroatoms. The molecular weight excluding hydrogens is 402 g/mol. The monoisotopic (exact) mass is 437 g/mol. The van der Waals surface area contributed by atoms with Crippen molar-refractivity contribution < 1.29 is 9.84 Å². The number of benzene rings is 1. The Labute approximate surface area is 189 Å². The zero-order chi connectivity index (χ0) is 23.0. The third-order valence-corrected chi connectivity index (χ3v) is 6.18. The predicted octanol–water partition coefficient (Wildman–Crippen LogP) is 3.38. The molecule has 1 aliphatic rings. The van der Waals surface area contributed by atoms with Gasteiger partial charge in [-0.15, -0.1) is 0 Å². The number of hydrogen-bond donors (Lipinski definition) is 3. The molecule has 1 aliphatic heterocycles. The van der Waals surface area contributed by atoms with E-state index in [4.69, 9.17) is 21.3 Å². The molecule has 0 aliphatic carbocycles. The smallest absolute Gasteiger partial charge is 0.0960 e. The van der Waals surface area contributed by atoms with E-state index in [9.17, 15) is 5.11 Å². The van der Waals surface area contributed by atoms with Crippen LogP contribution >= 0.6 is 0 Å². The highest BCUT2D eigenvalue weighted by molar-refractivity contribution is 6.06. The zero-order valence-electron chi connectivity index (χ0n) is 19.6. The van der Waals surface area contributed by atoms with Crippen molar-refractivity contribution >= 4 is 27.6 Å². The van der Waals surface area contributed by atoms with E-state index in [1.807, 2.05) is 27.0 Å². The molecule has 3 aromatic rings. The van der Waals surface area contributed by atoms with Crippen LogP contribution in [0, 0.1) is 5.92 Å². The molecule has 0 saturated carbocycles. The average molecular weight is 438 g/mol. The van der Waals surface area contributed by atoms with Crippen LogP contribution in [0.2, 0.25) is 0 Å². The molecule has 4 rings (SSSR count). The number of nitrogens with two attached hydrogens (primary N) is 2. The van der Waals surface area contributed by atoms with Crippen molar-refractivity contribution in [2.45, 2.75) is 52.2 Å². The van der Waals surface area contributed by atoms with E-state index in [1.54, 1.807) is 12.1 Å². The van der Waals surface area contributed by atoms with Crippen LogP contribution in [-0.2, 0) is 17.7 Å². The minimum Gasteiger partial charge on any atom is -0.401 e. The van der Waals surface area contributed by atoms with Gasteiger partial charge in [0.15, 0.2) is 0 Å². The van der Waals surface area contributed by atoms with Gasteiger partial charge in [-0.25, -0.2) is 5.84 Å². The maximum atomic E-state index is 10.3. The van der Waals surface area contributed by atoms with Gasteiger partial charge in [0.25, 0.3) is 0 Å². The van der Waals surface area contributed by atoms with E-state index < -0.39 is 5.60 Å². The van der Waals surface area contributed by atoms with Crippen molar-refractivity contribution in [2.75, 3.05) is 20.3 Å². The molecule has 7 nitrogen and oxygen atoms in total. The Bertz CT molecular complexity index is 1150. The minimum atomic E-state index is -0.765. The molecule has 1 aromatic carbocycles. The number of pyridine rings is 1. The largest absolute Gasteiger partial charge is 0.401 e. The number of fused-ring (bicyclic) bond motifs is 3. The average Bonchev–Trinajstić information content (AvgIpc) is 3.00. The number of hydrazine groups is 1. The van der Waals surface area contributed by atoms with Crippen LogP contribution in [0.1, 0.15) is 44.7 Å². The van der Waals surface area contributed by atoms with Crippen LogP contribution in [0.15, 0.2) is 36.2 Å². The fraction of sp³-hybridized carbons (Fsp3) is 0.480. The lowest BCUT2D eigenvalue weighted by Crippen LogP contribution is -2.26. The molecule has 5 N–H and O–H groups in total. The predicted molar refractivity (Wildman–Crippen MR) is 130 cm³/mol. The van der Waals surface area contributed by atoms with Gasteiger partial charge in [0.2, 0.25) is 0 Å². The second-order valence-corrected chi connectivity index (χ2v) is 9.74. The highest BCUT2D eigenvalue weighted by Gasteiger charge is 2.21. The summed E-state index contributed by atoms with van der Waals surface area (Å²) < 4.78 is 7.95. The van der Waals surface area contributed by atoms with Crippen LogP contribution in [0.4, 0.5) is 0 Å². The van der Waals surface area contributed by atoms with Gasteiger partial charge in [-0.05, 0) is 63.3 Å². The molecule has 0 atom stereocenters. The van der Waals surface area contributed by atoms with E-state index in [0.29, 0.717) is 18.0 Å². The van der Waals surface area contributed by atoms with Crippen LogP contribution in [-0.4, -0.2) is 45.5 Å². The Morgan fingerprint density at radius 2 is 1.97 bits per heavy atom. The number of nitrogens with zero attached hydrogens (tertiary/aromatic N) is 3. The molecule has 1 saturated heterocycles. The molecule has 172 valence electrons. The number of aromatic nitrogens is 2. The first-order chi connectivity index (χ1) is 15.1. The molecule has 0 spiro atoms. The summed E-state index contributed by atoms with van der Waals surface area (Å²) >= 11 is 0. The summed E-state index contributed by atoms with van der Waals surface area (Å²) in [6.07, 6.45) is 4.55. The normalized spacial score (nSPS) is 16.6. The van der Waals surface area contributed by atoms with E-state index in [-0.39, 0.29) is 0 Å². The standard InChI is InChI=1S/C25H35N5O2/c1-16(26)24(29(4)27)19-12-22-23(28-14-19)20-11-18(13-25(2,3)31)5-6-21(20)30(22)15-17-7-9-32-10-8-17/h5-6,11-12,14,17,31H,7-10,13,15,26-27H2,1-4H3/b24-16-. The van der Waals surface area contributed by atoms with E-state index >= 15 is 0 Å². The van der Waals surface area contributed by atoms with Gasteiger partial charge >= 0.3 is 0 Å². The Kier molecular flexibility index (Phi) is 6.16. The van der Waals surface area contributed by atoms with Gasteiger partial charge in [0, 0.05) is 56.1 Å². The number of allylic oxidation sites excluding steroid dienone is 1. The molecule has 0 unspecified atom stereocenters. The van der Waals surface area contributed by atoms with Gasteiger partial charge in [-0.1, -0.05) is 6.07 Å². The molecular formula is C25H35N5O2. The number of aliphatic hydroxyl groups is 1. The molecule has 1 fully saturated rings. The Balaban J connectivity index is 1.90. The summed E-state index contributed by atoms with van der Waals surface area (Å²) in [5.41, 5.74) is 12.0. The lowest BCUT2D eigenvalue weighted by Gasteiger charge is -2.23. The quantitative estimate of drug-likeness (QED) is 0.404. The van der Waals surface area contributed by atoms with Gasteiger partial charge in [0.1, 0.15) is 0 Å². The summed E-state index contributed by atoms with van der Waals surface area (Å²) in [5, 5.41) is 13.0.